The van der Waals surface area contributed by atoms with Gasteiger partial charge in [0.05, 0.1) is 31.0 Å². The average molecular weight is 582 g/mol. The number of rotatable bonds is 6. The van der Waals surface area contributed by atoms with Crippen LogP contribution in [0.5, 0.6) is 11.5 Å². The van der Waals surface area contributed by atoms with E-state index in [-0.39, 0.29) is 41.9 Å². The molecule has 0 fully saturated rings. The minimum Gasteiger partial charge on any atom is -0.506 e. The zero-order chi connectivity index (χ0) is 29.8. The fraction of sp³-hybridized carbons (Fsp3) is 0.367. The standard InChI is InChI=1S/C30H32ClN3O7/c1-15-24(29(38)40-6)26-25-17(12-31)13-34(20(25)11-22(35)27(26)32-15)28(37)21-10-16-9-18(39-5)7-8-19(16)33(21)14-23(36)41-30(2,3)4/h7-11,17,32,35H,12-14H2,1-6H3/t17-/m1/s1. The number of nitrogens with one attached hydrogen (secondary N) is 1. The fourth-order valence-electron chi connectivity index (χ4n) is 5.58. The number of amides is 1. The molecular formula is C30H32ClN3O7. The minimum absolute atomic E-state index is 0.121. The second kappa shape index (κ2) is 10.3. The molecule has 2 N–H and O–H groups in total. The molecule has 1 aliphatic heterocycles. The smallest absolute Gasteiger partial charge is 0.340 e. The van der Waals surface area contributed by atoms with E-state index in [1.54, 1.807) is 63.6 Å². The highest BCUT2D eigenvalue weighted by Crippen LogP contribution is 2.47. The second-order valence-electron chi connectivity index (χ2n) is 11.1. The number of alkyl halides is 1. The van der Waals surface area contributed by atoms with Gasteiger partial charge >= 0.3 is 11.9 Å². The van der Waals surface area contributed by atoms with Gasteiger partial charge in [0.25, 0.3) is 5.91 Å². The lowest BCUT2D eigenvalue weighted by Crippen LogP contribution is -2.33. The van der Waals surface area contributed by atoms with Crippen molar-refractivity contribution in [2.45, 2.75) is 45.8 Å². The first-order valence-corrected chi connectivity index (χ1v) is 13.6. The Hall–Kier alpha value is -4.18. The maximum absolute atomic E-state index is 14.3. The van der Waals surface area contributed by atoms with Crippen molar-refractivity contribution in [3.63, 3.8) is 0 Å². The Balaban J connectivity index is 1.67. The average Bonchev–Trinajstić information content (AvgIpc) is 3.57. The van der Waals surface area contributed by atoms with Gasteiger partial charge in [0.15, 0.2) is 0 Å². The van der Waals surface area contributed by atoms with E-state index in [4.69, 9.17) is 25.8 Å². The number of hydrogen-bond acceptors (Lipinski definition) is 7. The number of aryl methyl sites for hydroxylation is 1. The third-order valence-electron chi connectivity index (χ3n) is 7.22. The van der Waals surface area contributed by atoms with Gasteiger partial charge in [-0.05, 0) is 57.5 Å². The molecule has 2 aromatic heterocycles. The molecule has 1 atom stereocenters. The summed E-state index contributed by atoms with van der Waals surface area (Å²) < 4.78 is 17.6. The number of aromatic amines is 1. The highest BCUT2D eigenvalue weighted by Gasteiger charge is 2.38. The summed E-state index contributed by atoms with van der Waals surface area (Å²) in [5.74, 6) is -1.14. The molecule has 0 saturated heterocycles. The van der Waals surface area contributed by atoms with Gasteiger partial charge in [-0.15, -0.1) is 11.6 Å². The Kier molecular flexibility index (Phi) is 7.15. The minimum atomic E-state index is -0.705. The van der Waals surface area contributed by atoms with Crippen LogP contribution in [0.1, 0.15) is 58.8 Å². The predicted octanol–water partition coefficient (Wildman–Crippen LogP) is 5.26. The van der Waals surface area contributed by atoms with Gasteiger partial charge in [-0.3, -0.25) is 9.59 Å². The summed E-state index contributed by atoms with van der Waals surface area (Å²) in [4.78, 5) is 44.6. The van der Waals surface area contributed by atoms with Crippen LogP contribution in [0.15, 0.2) is 30.3 Å². The maximum atomic E-state index is 14.3. The number of esters is 2. The normalized spacial score (nSPS) is 14.9. The Morgan fingerprint density at radius 2 is 1.88 bits per heavy atom. The number of aromatic hydroxyl groups is 1. The van der Waals surface area contributed by atoms with Crippen molar-refractivity contribution in [1.29, 1.82) is 0 Å². The Morgan fingerprint density at radius 3 is 2.51 bits per heavy atom. The van der Waals surface area contributed by atoms with Crippen molar-refractivity contribution < 1.29 is 33.7 Å². The molecule has 3 heterocycles. The van der Waals surface area contributed by atoms with E-state index in [2.05, 4.69) is 4.98 Å². The summed E-state index contributed by atoms with van der Waals surface area (Å²) in [5.41, 5.74) is 2.48. The molecule has 0 radical (unpaired) electrons. The number of carbonyl (C=O) groups is 3. The van der Waals surface area contributed by atoms with Crippen molar-refractivity contribution in [3.8, 4) is 11.5 Å². The highest BCUT2D eigenvalue weighted by molar-refractivity contribution is 6.20. The molecule has 1 aliphatic rings. The van der Waals surface area contributed by atoms with E-state index < -0.39 is 23.4 Å². The molecule has 0 unspecified atom stereocenters. The number of benzene rings is 2. The topological polar surface area (TPSA) is 123 Å². The van der Waals surface area contributed by atoms with Crippen LogP contribution in [0.2, 0.25) is 0 Å². The van der Waals surface area contributed by atoms with Gasteiger partial charge in [0.2, 0.25) is 0 Å². The fourth-order valence-corrected chi connectivity index (χ4v) is 5.83. The molecule has 0 bridgehead atoms. The molecule has 11 heteroatoms. The quantitative estimate of drug-likeness (QED) is 0.235. The van der Waals surface area contributed by atoms with Crippen LogP contribution in [0, 0.1) is 6.92 Å². The number of carbonyl (C=O) groups excluding carboxylic acids is 3. The summed E-state index contributed by atoms with van der Waals surface area (Å²) in [6.45, 7) is 7.07. The van der Waals surface area contributed by atoms with E-state index in [9.17, 15) is 19.5 Å². The molecule has 216 valence electrons. The summed E-state index contributed by atoms with van der Waals surface area (Å²) >= 11 is 6.42. The van der Waals surface area contributed by atoms with Gasteiger partial charge < -0.3 is 33.8 Å². The second-order valence-corrected chi connectivity index (χ2v) is 11.4. The SMILES string of the molecule is COC(=O)c1c(C)[nH]c2c(O)cc3c(c12)[C@H](CCl)CN3C(=O)c1cc2cc(OC)ccc2n1CC(=O)OC(C)(C)C. The molecule has 10 nitrogen and oxygen atoms in total. The number of ether oxygens (including phenoxy) is 3. The first kappa shape index (κ1) is 28.4. The zero-order valence-electron chi connectivity index (χ0n) is 23.8. The molecule has 0 spiro atoms. The number of anilines is 1. The van der Waals surface area contributed by atoms with Crippen molar-refractivity contribution in [1.82, 2.24) is 9.55 Å². The van der Waals surface area contributed by atoms with Crippen molar-refractivity contribution in [2.75, 3.05) is 31.5 Å². The number of H-pyrrole nitrogens is 1. The monoisotopic (exact) mass is 581 g/mol. The first-order valence-electron chi connectivity index (χ1n) is 13.1. The number of fused-ring (bicyclic) bond motifs is 4. The van der Waals surface area contributed by atoms with Crippen LogP contribution in [-0.2, 0) is 20.8 Å². The van der Waals surface area contributed by atoms with Crippen LogP contribution in [0.25, 0.3) is 21.8 Å². The van der Waals surface area contributed by atoms with Crippen molar-refractivity contribution >= 4 is 56.9 Å². The third kappa shape index (κ3) is 4.86. The Morgan fingerprint density at radius 1 is 1.15 bits per heavy atom. The van der Waals surface area contributed by atoms with Crippen LogP contribution in [0.3, 0.4) is 0 Å². The van der Waals surface area contributed by atoms with E-state index in [0.717, 1.165) is 0 Å². The molecule has 0 aliphatic carbocycles. The largest absolute Gasteiger partial charge is 0.506 e. The van der Waals surface area contributed by atoms with Gasteiger partial charge in [-0.25, -0.2) is 4.79 Å². The summed E-state index contributed by atoms with van der Waals surface area (Å²) in [7, 11) is 2.84. The lowest BCUT2D eigenvalue weighted by Gasteiger charge is -2.22. The van der Waals surface area contributed by atoms with E-state index in [1.165, 1.54) is 18.1 Å². The molecule has 0 saturated carbocycles. The van der Waals surface area contributed by atoms with Gasteiger partial charge in [-0.1, -0.05) is 0 Å². The van der Waals surface area contributed by atoms with Crippen LogP contribution in [0.4, 0.5) is 5.69 Å². The summed E-state index contributed by atoms with van der Waals surface area (Å²) in [6.07, 6.45) is 0. The van der Waals surface area contributed by atoms with Gasteiger partial charge in [0.1, 0.15) is 29.3 Å². The maximum Gasteiger partial charge on any atom is 0.340 e. The van der Waals surface area contributed by atoms with E-state index >= 15 is 0 Å². The highest BCUT2D eigenvalue weighted by atomic mass is 35.5. The van der Waals surface area contributed by atoms with Crippen LogP contribution >= 0.6 is 11.6 Å². The number of halogens is 1. The molecule has 2 aromatic carbocycles. The first-order chi connectivity index (χ1) is 19.4. The molecular weight excluding hydrogens is 550 g/mol. The molecule has 41 heavy (non-hydrogen) atoms. The lowest BCUT2D eigenvalue weighted by molar-refractivity contribution is -0.155. The number of methoxy groups -OCH3 is 2. The van der Waals surface area contributed by atoms with E-state index in [0.29, 0.717) is 44.5 Å². The third-order valence-corrected chi connectivity index (χ3v) is 7.59. The van der Waals surface area contributed by atoms with Crippen molar-refractivity contribution in [3.05, 3.63) is 52.8 Å². The predicted molar refractivity (Wildman–Crippen MR) is 156 cm³/mol. The zero-order valence-corrected chi connectivity index (χ0v) is 24.5. The van der Waals surface area contributed by atoms with Gasteiger partial charge in [-0.2, -0.15) is 0 Å². The number of nitrogens with zero attached hydrogens (tertiary/aromatic N) is 2. The van der Waals surface area contributed by atoms with E-state index in [1.807, 2.05) is 0 Å². The molecule has 5 rings (SSSR count). The molecule has 4 aromatic rings. The Labute approximate surface area is 241 Å². The number of phenols is 1. The van der Waals surface area contributed by atoms with Crippen LogP contribution in [-0.4, -0.2) is 64.7 Å². The lowest BCUT2D eigenvalue weighted by atomic mass is 9.95. The Bertz CT molecular complexity index is 1710. The number of hydrogen-bond donors (Lipinski definition) is 2. The molecule has 1 amide bonds. The summed E-state index contributed by atoms with van der Waals surface area (Å²) in [6, 6.07) is 8.54. The summed E-state index contributed by atoms with van der Waals surface area (Å²) in [5, 5.41) is 12.2. The number of aromatic nitrogens is 2. The van der Waals surface area contributed by atoms with Crippen molar-refractivity contribution in [2.24, 2.45) is 0 Å². The van der Waals surface area contributed by atoms with Crippen LogP contribution < -0.4 is 9.64 Å². The van der Waals surface area contributed by atoms with Gasteiger partial charge in [0, 0.05) is 46.4 Å². The number of phenolic OH excluding ortho intramolecular Hbond substituents is 1.